The minimum Gasteiger partial charge on any atom is -0.493 e. The molecule has 40 heavy (non-hydrogen) atoms. The number of aromatic nitrogens is 1. The quantitative estimate of drug-likeness (QED) is 0.181. The Balaban J connectivity index is 1.69. The molecular weight excluding hydrogens is 532 g/mol. The summed E-state index contributed by atoms with van der Waals surface area (Å²) in [6.45, 7) is 6.23. The Kier molecular flexibility index (Phi) is 7.62. The first-order chi connectivity index (χ1) is 19.3. The van der Waals surface area contributed by atoms with Crippen molar-refractivity contribution in [2.45, 2.75) is 46.1 Å². The Morgan fingerprint density at radius 1 is 1.07 bits per heavy atom. The number of nitrogens with zero attached hydrogens (tertiary/aromatic N) is 2. The van der Waals surface area contributed by atoms with E-state index in [1.165, 1.54) is 12.0 Å². The van der Waals surface area contributed by atoms with Crippen LogP contribution in [0.15, 0.2) is 45.6 Å². The lowest BCUT2D eigenvalue weighted by atomic mass is 9.98. The molecule has 0 bridgehead atoms. The second-order valence-corrected chi connectivity index (χ2v) is 10.6. The van der Waals surface area contributed by atoms with Gasteiger partial charge in [0.15, 0.2) is 22.1 Å². The number of carbonyl (C=O) groups is 2. The van der Waals surface area contributed by atoms with E-state index in [1.54, 1.807) is 44.4 Å². The van der Waals surface area contributed by atoms with E-state index in [0.29, 0.717) is 40.3 Å². The van der Waals surface area contributed by atoms with E-state index in [9.17, 15) is 14.4 Å². The molecule has 2 aromatic carbocycles. The average Bonchev–Trinajstić information content (AvgIpc) is 3.48. The van der Waals surface area contributed by atoms with Crippen LogP contribution in [-0.2, 0) is 4.74 Å². The number of carbonyl (C=O) groups excluding carboxylic acids is 2. The summed E-state index contributed by atoms with van der Waals surface area (Å²) in [5.74, 6) is -0.0935. The maximum absolute atomic E-state index is 13.9. The average molecular weight is 563 g/mol. The number of thiazole rings is 1. The van der Waals surface area contributed by atoms with E-state index in [-0.39, 0.29) is 26.8 Å². The van der Waals surface area contributed by atoms with Crippen molar-refractivity contribution in [1.82, 2.24) is 4.98 Å². The SMILES string of the molecule is CCCCCOc1ccc(C2c3c(oc4ccc(C)cc4c3=O)C(=O)N2c2nc(C)c(C(=O)OC)s2)cc1OC. The molecule has 2 aromatic heterocycles. The van der Waals surface area contributed by atoms with Crippen molar-refractivity contribution in [3.05, 3.63) is 79.6 Å². The number of hydrogen-bond donors (Lipinski definition) is 0. The molecule has 9 nitrogen and oxygen atoms in total. The summed E-state index contributed by atoms with van der Waals surface area (Å²) in [5, 5.41) is 0.629. The molecule has 1 aliphatic rings. The van der Waals surface area contributed by atoms with Gasteiger partial charge in [0, 0.05) is 0 Å². The van der Waals surface area contributed by atoms with Crippen molar-refractivity contribution in [1.29, 1.82) is 0 Å². The largest absolute Gasteiger partial charge is 0.493 e. The van der Waals surface area contributed by atoms with E-state index in [0.717, 1.165) is 36.2 Å². The number of rotatable bonds is 9. The van der Waals surface area contributed by atoms with E-state index in [4.69, 9.17) is 18.6 Å². The Hall–Kier alpha value is -4.18. The fourth-order valence-corrected chi connectivity index (χ4v) is 5.89. The van der Waals surface area contributed by atoms with Gasteiger partial charge >= 0.3 is 5.97 Å². The number of anilines is 1. The van der Waals surface area contributed by atoms with Crippen LogP contribution in [0.3, 0.4) is 0 Å². The first kappa shape index (κ1) is 27.4. The topological polar surface area (TPSA) is 108 Å². The minimum absolute atomic E-state index is 0.0577. The smallest absolute Gasteiger partial charge is 0.350 e. The van der Waals surface area contributed by atoms with Crippen LogP contribution in [0.4, 0.5) is 5.13 Å². The maximum atomic E-state index is 13.9. The lowest BCUT2D eigenvalue weighted by Gasteiger charge is -2.23. The van der Waals surface area contributed by atoms with Gasteiger partial charge in [-0.2, -0.15) is 0 Å². The van der Waals surface area contributed by atoms with Crippen LogP contribution in [0.5, 0.6) is 11.5 Å². The van der Waals surface area contributed by atoms with Gasteiger partial charge in [0.05, 0.1) is 43.5 Å². The molecule has 5 rings (SSSR count). The fourth-order valence-electron chi connectivity index (χ4n) is 4.87. The van der Waals surface area contributed by atoms with Crippen LogP contribution in [0.25, 0.3) is 11.0 Å². The Labute approximate surface area is 235 Å². The van der Waals surface area contributed by atoms with Crippen LogP contribution >= 0.6 is 11.3 Å². The first-order valence-electron chi connectivity index (χ1n) is 13.1. The molecule has 208 valence electrons. The molecule has 0 saturated carbocycles. The highest BCUT2D eigenvalue weighted by molar-refractivity contribution is 7.17. The zero-order valence-corrected chi connectivity index (χ0v) is 23.8. The van der Waals surface area contributed by atoms with Gasteiger partial charge in [-0.1, -0.05) is 48.8 Å². The molecule has 1 unspecified atom stereocenters. The number of fused-ring (bicyclic) bond motifs is 2. The Bertz CT molecular complexity index is 1670. The number of benzene rings is 2. The van der Waals surface area contributed by atoms with E-state index in [2.05, 4.69) is 11.9 Å². The molecular formula is C30H30N2O7S. The van der Waals surface area contributed by atoms with Gasteiger partial charge in [-0.05, 0) is 50.1 Å². The molecule has 4 aromatic rings. The number of methoxy groups -OCH3 is 2. The molecule has 0 radical (unpaired) electrons. The zero-order valence-electron chi connectivity index (χ0n) is 23.0. The highest BCUT2D eigenvalue weighted by atomic mass is 32.1. The monoisotopic (exact) mass is 562 g/mol. The predicted molar refractivity (Wildman–Crippen MR) is 152 cm³/mol. The third kappa shape index (κ3) is 4.72. The van der Waals surface area contributed by atoms with Crippen molar-refractivity contribution in [2.24, 2.45) is 0 Å². The van der Waals surface area contributed by atoms with E-state index < -0.39 is 17.9 Å². The highest BCUT2D eigenvalue weighted by Crippen LogP contribution is 2.45. The summed E-state index contributed by atoms with van der Waals surface area (Å²) in [7, 11) is 2.83. The molecule has 0 fully saturated rings. The number of hydrogen-bond acceptors (Lipinski definition) is 9. The van der Waals surface area contributed by atoms with Crippen LogP contribution in [0, 0.1) is 13.8 Å². The molecule has 0 N–H and O–H groups in total. The second kappa shape index (κ2) is 11.1. The molecule has 0 aliphatic carbocycles. The number of unbranched alkanes of at least 4 members (excludes halogenated alkanes) is 2. The molecule has 0 saturated heterocycles. The number of aryl methyl sites for hydroxylation is 2. The van der Waals surface area contributed by atoms with Gasteiger partial charge in [-0.3, -0.25) is 14.5 Å². The predicted octanol–water partition coefficient (Wildman–Crippen LogP) is 5.98. The molecule has 1 aliphatic heterocycles. The van der Waals surface area contributed by atoms with Crippen molar-refractivity contribution in [3.8, 4) is 11.5 Å². The molecule has 10 heteroatoms. The summed E-state index contributed by atoms with van der Waals surface area (Å²) in [5.41, 5.74) is 2.14. The normalized spacial score (nSPS) is 14.5. The fraction of sp³-hybridized carbons (Fsp3) is 0.333. The Morgan fingerprint density at radius 3 is 2.60 bits per heavy atom. The summed E-state index contributed by atoms with van der Waals surface area (Å²) in [6.07, 6.45) is 3.05. The van der Waals surface area contributed by atoms with Crippen molar-refractivity contribution >= 4 is 39.3 Å². The van der Waals surface area contributed by atoms with Crippen LogP contribution < -0.4 is 19.8 Å². The third-order valence-electron chi connectivity index (χ3n) is 6.90. The zero-order chi connectivity index (χ0) is 28.6. The molecule has 3 heterocycles. The minimum atomic E-state index is -0.872. The molecule has 1 atom stereocenters. The summed E-state index contributed by atoms with van der Waals surface area (Å²) in [6, 6.07) is 9.73. The Morgan fingerprint density at radius 2 is 1.88 bits per heavy atom. The number of amides is 1. The number of esters is 1. The summed E-state index contributed by atoms with van der Waals surface area (Å²) in [4.78, 5) is 46.4. The summed E-state index contributed by atoms with van der Waals surface area (Å²) >= 11 is 1.02. The van der Waals surface area contributed by atoms with Gasteiger partial charge in [-0.25, -0.2) is 9.78 Å². The van der Waals surface area contributed by atoms with Crippen LogP contribution in [-0.4, -0.2) is 37.7 Å². The number of ether oxygens (including phenoxy) is 3. The van der Waals surface area contributed by atoms with Crippen molar-refractivity contribution in [3.63, 3.8) is 0 Å². The third-order valence-corrected chi connectivity index (χ3v) is 8.03. The molecule has 1 amide bonds. The second-order valence-electron chi connectivity index (χ2n) is 9.62. The van der Waals surface area contributed by atoms with E-state index in [1.807, 2.05) is 13.0 Å². The lowest BCUT2D eigenvalue weighted by molar-refractivity contribution is 0.0605. The lowest BCUT2D eigenvalue weighted by Crippen LogP contribution is -2.29. The van der Waals surface area contributed by atoms with Gasteiger partial charge < -0.3 is 18.6 Å². The molecule has 0 spiro atoms. The maximum Gasteiger partial charge on any atom is 0.350 e. The van der Waals surface area contributed by atoms with Gasteiger partial charge in [0.25, 0.3) is 5.91 Å². The van der Waals surface area contributed by atoms with Crippen LogP contribution in [0.1, 0.15) is 74.8 Å². The van der Waals surface area contributed by atoms with E-state index >= 15 is 0 Å². The van der Waals surface area contributed by atoms with Crippen LogP contribution in [0.2, 0.25) is 0 Å². The standard InChI is InChI=1S/C30H30N2O7S/c1-6-7-8-13-38-21-12-10-18(15-22(21)36-4)24-23-25(33)19-14-16(2)9-11-20(19)39-26(23)28(34)32(24)30-31-17(3)27(40-30)29(35)37-5/h9-12,14-15,24H,6-8,13H2,1-5H3. The highest BCUT2D eigenvalue weighted by Gasteiger charge is 2.45. The van der Waals surface area contributed by atoms with Gasteiger partial charge in [0.1, 0.15) is 10.5 Å². The van der Waals surface area contributed by atoms with Crippen molar-refractivity contribution < 1.29 is 28.2 Å². The van der Waals surface area contributed by atoms with Crippen molar-refractivity contribution in [2.75, 3.05) is 25.7 Å². The summed E-state index contributed by atoms with van der Waals surface area (Å²) < 4.78 is 22.5. The van der Waals surface area contributed by atoms with Gasteiger partial charge in [-0.15, -0.1) is 0 Å². The van der Waals surface area contributed by atoms with Gasteiger partial charge in [0.2, 0.25) is 5.76 Å². The first-order valence-corrected chi connectivity index (χ1v) is 13.9.